The summed E-state index contributed by atoms with van der Waals surface area (Å²) in [5, 5.41) is 0. The number of carbonyl (C=O) groups is 1. The van der Waals surface area contributed by atoms with Crippen LogP contribution in [-0.2, 0) is 4.79 Å². The van der Waals surface area contributed by atoms with Crippen molar-refractivity contribution in [1.82, 2.24) is 4.90 Å². The molecule has 0 aromatic rings. The number of amides is 1. The van der Waals surface area contributed by atoms with Gasteiger partial charge in [-0.2, -0.15) is 0 Å². The van der Waals surface area contributed by atoms with E-state index in [2.05, 4.69) is 6.92 Å². The predicted molar refractivity (Wildman–Crippen MR) is 77.0 cm³/mol. The first kappa shape index (κ1) is 16.4. The normalized spacial score (nSPS) is 11.3. The van der Waals surface area contributed by atoms with Gasteiger partial charge in [0.05, 0.1) is 10.4 Å². The summed E-state index contributed by atoms with van der Waals surface area (Å²) in [6.07, 6.45) is 4.70. The van der Waals surface area contributed by atoms with Gasteiger partial charge in [0.25, 0.3) is 0 Å². The van der Waals surface area contributed by atoms with Gasteiger partial charge in [0.15, 0.2) is 0 Å². The molecule has 0 unspecified atom stereocenters. The molecule has 0 atom stereocenters. The lowest BCUT2D eigenvalue weighted by Crippen LogP contribution is -2.49. The van der Waals surface area contributed by atoms with Crippen molar-refractivity contribution in [2.45, 2.75) is 52.9 Å². The predicted octanol–water partition coefficient (Wildman–Crippen LogP) is 2.73. The fraction of sp³-hybridized carbons (Fsp3) is 0.846. The van der Waals surface area contributed by atoms with Gasteiger partial charge in [-0.15, -0.1) is 0 Å². The first-order valence-electron chi connectivity index (χ1n) is 6.51. The summed E-state index contributed by atoms with van der Waals surface area (Å²) >= 11 is 5.09. The molecular formula is C13H26N2OS. The first-order valence-corrected chi connectivity index (χ1v) is 6.92. The highest BCUT2D eigenvalue weighted by atomic mass is 32.1. The molecule has 0 aliphatic heterocycles. The molecule has 3 nitrogen and oxygen atoms in total. The molecule has 0 aliphatic rings. The van der Waals surface area contributed by atoms with Gasteiger partial charge in [-0.05, 0) is 19.3 Å². The molecule has 17 heavy (non-hydrogen) atoms. The molecule has 0 rings (SSSR count). The number of unbranched alkanes of at least 4 members (excludes halogenated alkanes) is 2. The maximum absolute atomic E-state index is 12.4. The fourth-order valence-corrected chi connectivity index (χ4v) is 2.45. The zero-order chi connectivity index (χ0) is 13.5. The second-order valence-electron chi connectivity index (χ2n) is 4.59. The van der Waals surface area contributed by atoms with Crippen molar-refractivity contribution in [2.24, 2.45) is 11.1 Å². The zero-order valence-electron chi connectivity index (χ0n) is 11.6. The minimum atomic E-state index is -0.643. The zero-order valence-corrected chi connectivity index (χ0v) is 12.4. The van der Waals surface area contributed by atoms with Crippen LogP contribution in [0.1, 0.15) is 52.9 Å². The summed E-state index contributed by atoms with van der Waals surface area (Å²) in [6, 6.07) is 0. The van der Waals surface area contributed by atoms with Crippen molar-refractivity contribution in [3.05, 3.63) is 0 Å². The second-order valence-corrected chi connectivity index (χ2v) is 5.03. The minimum absolute atomic E-state index is 0.0751. The molecule has 0 bridgehead atoms. The van der Waals surface area contributed by atoms with Gasteiger partial charge in [-0.25, -0.2) is 0 Å². The number of thiocarbonyl (C=S) groups is 1. The Bertz CT molecular complexity index is 262. The Hall–Kier alpha value is -0.640. The molecular weight excluding hydrogens is 232 g/mol. The summed E-state index contributed by atoms with van der Waals surface area (Å²) in [5.74, 6) is 0.0751. The van der Waals surface area contributed by atoms with E-state index in [0.717, 1.165) is 25.8 Å². The minimum Gasteiger partial charge on any atom is -0.392 e. The van der Waals surface area contributed by atoms with Crippen molar-refractivity contribution >= 4 is 23.1 Å². The third-order valence-electron chi connectivity index (χ3n) is 3.53. The van der Waals surface area contributed by atoms with Crippen LogP contribution in [0.25, 0.3) is 0 Å². The Morgan fingerprint density at radius 1 is 1.24 bits per heavy atom. The van der Waals surface area contributed by atoms with Crippen LogP contribution in [0.4, 0.5) is 0 Å². The average molecular weight is 258 g/mol. The summed E-state index contributed by atoms with van der Waals surface area (Å²) in [6.45, 7) is 6.89. The average Bonchev–Trinajstić information content (AvgIpc) is 2.30. The third-order valence-corrected chi connectivity index (χ3v) is 3.92. The van der Waals surface area contributed by atoms with Crippen LogP contribution in [0.5, 0.6) is 0 Å². The summed E-state index contributed by atoms with van der Waals surface area (Å²) in [5.41, 5.74) is 5.13. The fourth-order valence-electron chi connectivity index (χ4n) is 2.07. The van der Waals surface area contributed by atoms with Crippen LogP contribution >= 0.6 is 12.2 Å². The van der Waals surface area contributed by atoms with Crippen LogP contribution in [0, 0.1) is 5.41 Å². The summed E-state index contributed by atoms with van der Waals surface area (Å²) in [4.78, 5) is 14.5. The standard InChI is InChI=1S/C13H26N2OS/c1-5-8-9-10-15(4)12(16)13(6-2,7-3)11(14)17/h5-10H2,1-4H3,(H2,14,17). The highest BCUT2D eigenvalue weighted by Gasteiger charge is 2.39. The van der Waals surface area contributed by atoms with Gasteiger partial charge >= 0.3 is 0 Å². The molecule has 0 fully saturated rings. The number of nitrogens with two attached hydrogens (primary N) is 1. The van der Waals surface area contributed by atoms with Crippen LogP contribution in [0.2, 0.25) is 0 Å². The molecule has 0 radical (unpaired) electrons. The smallest absolute Gasteiger partial charge is 0.235 e. The maximum Gasteiger partial charge on any atom is 0.235 e. The molecule has 0 aromatic heterocycles. The number of carbonyl (C=O) groups excluding carboxylic acids is 1. The molecule has 0 spiro atoms. The van der Waals surface area contributed by atoms with Gasteiger partial charge in [-0.3, -0.25) is 4.79 Å². The van der Waals surface area contributed by atoms with Crippen molar-refractivity contribution < 1.29 is 4.79 Å². The van der Waals surface area contributed by atoms with E-state index in [1.165, 1.54) is 0 Å². The lowest BCUT2D eigenvalue weighted by atomic mass is 9.80. The molecule has 0 saturated heterocycles. The van der Waals surface area contributed by atoms with Crippen LogP contribution in [0.15, 0.2) is 0 Å². The van der Waals surface area contributed by atoms with Crippen molar-refractivity contribution in [3.63, 3.8) is 0 Å². The molecule has 0 heterocycles. The van der Waals surface area contributed by atoms with Gasteiger partial charge in [-0.1, -0.05) is 45.8 Å². The van der Waals surface area contributed by atoms with E-state index in [-0.39, 0.29) is 5.91 Å². The monoisotopic (exact) mass is 258 g/mol. The highest BCUT2D eigenvalue weighted by Crippen LogP contribution is 2.29. The molecule has 0 aromatic carbocycles. The van der Waals surface area contributed by atoms with E-state index in [1.54, 1.807) is 4.90 Å². The van der Waals surface area contributed by atoms with E-state index in [0.29, 0.717) is 17.8 Å². The summed E-state index contributed by atoms with van der Waals surface area (Å²) in [7, 11) is 1.84. The lowest BCUT2D eigenvalue weighted by molar-refractivity contribution is -0.137. The van der Waals surface area contributed by atoms with Crippen molar-refractivity contribution in [2.75, 3.05) is 13.6 Å². The quantitative estimate of drug-likeness (QED) is 0.538. The van der Waals surface area contributed by atoms with Gasteiger partial charge in [0.1, 0.15) is 0 Å². The molecule has 2 N–H and O–H groups in total. The largest absolute Gasteiger partial charge is 0.392 e. The second kappa shape index (κ2) is 7.64. The first-order chi connectivity index (χ1) is 7.96. The lowest BCUT2D eigenvalue weighted by Gasteiger charge is -2.33. The SMILES string of the molecule is CCCCCN(C)C(=O)C(CC)(CC)C(N)=S. The summed E-state index contributed by atoms with van der Waals surface area (Å²) < 4.78 is 0. The Labute approximate surface area is 111 Å². The number of nitrogens with zero attached hydrogens (tertiary/aromatic N) is 1. The Morgan fingerprint density at radius 3 is 2.12 bits per heavy atom. The topological polar surface area (TPSA) is 46.3 Å². The Balaban J connectivity index is 4.67. The third kappa shape index (κ3) is 3.95. The van der Waals surface area contributed by atoms with E-state index in [9.17, 15) is 4.79 Å². The molecule has 1 amide bonds. The molecule has 4 heteroatoms. The van der Waals surface area contributed by atoms with E-state index < -0.39 is 5.41 Å². The maximum atomic E-state index is 12.4. The Morgan fingerprint density at radius 2 is 1.76 bits per heavy atom. The van der Waals surface area contributed by atoms with Crippen LogP contribution in [-0.4, -0.2) is 29.4 Å². The van der Waals surface area contributed by atoms with Crippen LogP contribution < -0.4 is 5.73 Å². The number of hydrogen-bond acceptors (Lipinski definition) is 2. The molecule has 0 aliphatic carbocycles. The van der Waals surface area contributed by atoms with Gasteiger partial charge in [0, 0.05) is 13.6 Å². The van der Waals surface area contributed by atoms with E-state index >= 15 is 0 Å². The van der Waals surface area contributed by atoms with Crippen molar-refractivity contribution in [1.29, 1.82) is 0 Å². The molecule has 0 saturated carbocycles. The molecule has 100 valence electrons. The van der Waals surface area contributed by atoms with E-state index in [4.69, 9.17) is 18.0 Å². The Kier molecular flexibility index (Phi) is 7.35. The van der Waals surface area contributed by atoms with Crippen LogP contribution in [0.3, 0.4) is 0 Å². The van der Waals surface area contributed by atoms with Crippen molar-refractivity contribution in [3.8, 4) is 0 Å². The highest BCUT2D eigenvalue weighted by molar-refractivity contribution is 7.80. The number of hydrogen-bond donors (Lipinski definition) is 1. The van der Waals surface area contributed by atoms with Gasteiger partial charge < -0.3 is 10.6 Å². The van der Waals surface area contributed by atoms with Gasteiger partial charge in [0.2, 0.25) is 5.91 Å². The van der Waals surface area contributed by atoms with E-state index in [1.807, 2.05) is 20.9 Å². The number of rotatable bonds is 8.